The van der Waals surface area contributed by atoms with Gasteiger partial charge in [-0.1, -0.05) is 13.3 Å². The Kier molecular flexibility index (Phi) is 7.58. The van der Waals surface area contributed by atoms with Gasteiger partial charge in [-0.25, -0.2) is 4.98 Å². The van der Waals surface area contributed by atoms with Crippen molar-refractivity contribution in [2.45, 2.75) is 26.7 Å². The van der Waals surface area contributed by atoms with Crippen LogP contribution in [0, 0.1) is 0 Å². The van der Waals surface area contributed by atoms with E-state index in [-0.39, 0.29) is 5.91 Å². The lowest BCUT2D eigenvalue weighted by atomic mass is 10.2. The molecule has 0 spiro atoms. The first-order chi connectivity index (χ1) is 9.29. The molecule has 0 radical (unpaired) electrons. The number of aromatic nitrogens is 1. The second-order valence-corrected chi connectivity index (χ2v) is 4.15. The molecule has 5 nitrogen and oxygen atoms in total. The summed E-state index contributed by atoms with van der Waals surface area (Å²) in [5.74, 6) is 0.498. The van der Waals surface area contributed by atoms with Gasteiger partial charge < -0.3 is 15.4 Å². The Labute approximate surface area is 114 Å². The van der Waals surface area contributed by atoms with Crippen LogP contribution in [0.2, 0.25) is 0 Å². The van der Waals surface area contributed by atoms with Crippen LogP contribution in [0.5, 0.6) is 0 Å². The Balaban J connectivity index is 2.36. The summed E-state index contributed by atoms with van der Waals surface area (Å²) in [7, 11) is 0. The molecule has 0 fully saturated rings. The summed E-state index contributed by atoms with van der Waals surface area (Å²) in [6.45, 7) is 6.64. The summed E-state index contributed by atoms with van der Waals surface area (Å²) in [4.78, 5) is 16.1. The standard InChI is InChI=1S/C14H23N3O2/c1-3-5-10-19-11-9-17-14(18)12-7-6-8-16-13(12)15-4-2/h6-8H,3-5,9-11H2,1-2H3,(H,15,16)(H,17,18). The number of hydrogen-bond donors (Lipinski definition) is 2. The van der Waals surface area contributed by atoms with Gasteiger partial charge in [-0.05, 0) is 25.5 Å². The number of nitrogens with zero attached hydrogens (tertiary/aromatic N) is 1. The molecule has 1 aromatic heterocycles. The Morgan fingerprint density at radius 3 is 2.95 bits per heavy atom. The highest BCUT2D eigenvalue weighted by Gasteiger charge is 2.10. The first kappa shape index (κ1) is 15.4. The zero-order chi connectivity index (χ0) is 13.9. The highest BCUT2D eigenvalue weighted by atomic mass is 16.5. The van der Waals surface area contributed by atoms with E-state index in [1.807, 2.05) is 6.92 Å². The number of carbonyl (C=O) groups is 1. The minimum absolute atomic E-state index is 0.122. The van der Waals surface area contributed by atoms with E-state index in [2.05, 4.69) is 22.5 Å². The van der Waals surface area contributed by atoms with Gasteiger partial charge in [0.1, 0.15) is 5.82 Å². The third-order valence-corrected chi connectivity index (χ3v) is 2.57. The molecule has 0 bridgehead atoms. The third kappa shape index (κ3) is 5.70. The van der Waals surface area contributed by atoms with Crippen LogP contribution in [-0.2, 0) is 4.74 Å². The lowest BCUT2D eigenvalue weighted by Crippen LogP contribution is -2.28. The fraction of sp³-hybridized carbons (Fsp3) is 0.571. The largest absolute Gasteiger partial charge is 0.380 e. The predicted octanol–water partition coefficient (Wildman–Crippen LogP) is 2.06. The normalized spacial score (nSPS) is 10.2. The molecule has 5 heteroatoms. The third-order valence-electron chi connectivity index (χ3n) is 2.57. The predicted molar refractivity (Wildman–Crippen MR) is 76.5 cm³/mol. The van der Waals surface area contributed by atoms with Crippen LogP contribution in [0.15, 0.2) is 18.3 Å². The number of ether oxygens (including phenoxy) is 1. The van der Waals surface area contributed by atoms with Crippen LogP contribution < -0.4 is 10.6 Å². The topological polar surface area (TPSA) is 63.2 Å². The number of anilines is 1. The van der Waals surface area contributed by atoms with Crippen LogP contribution in [0.4, 0.5) is 5.82 Å². The molecule has 1 heterocycles. The summed E-state index contributed by atoms with van der Waals surface area (Å²) < 4.78 is 5.39. The van der Waals surface area contributed by atoms with E-state index < -0.39 is 0 Å². The summed E-state index contributed by atoms with van der Waals surface area (Å²) in [5.41, 5.74) is 0.568. The molecule has 0 aromatic carbocycles. The number of nitrogens with one attached hydrogen (secondary N) is 2. The van der Waals surface area contributed by atoms with Gasteiger partial charge in [-0.15, -0.1) is 0 Å². The van der Waals surface area contributed by atoms with E-state index in [4.69, 9.17) is 4.74 Å². The van der Waals surface area contributed by atoms with Crippen LogP contribution >= 0.6 is 0 Å². The number of hydrogen-bond acceptors (Lipinski definition) is 4. The molecule has 0 aliphatic heterocycles. The minimum atomic E-state index is -0.122. The second kappa shape index (κ2) is 9.33. The van der Waals surface area contributed by atoms with Crippen molar-refractivity contribution in [3.8, 4) is 0 Å². The molecule has 1 amide bonds. The van der Waals surface area contributed by atoms with Gasteiger partial charge in [-0.2, -0.15) is 0 Å². The summed E-state index contributed by atoms with van der Waals surface area (Å²) >= 11 is 0. The van der Waals surface area contributed by atoms with Crippen molar-refractivity contribution in [1.29, 1.82) is 0 Å². The quantitative estimate of drug-likeness (QED) is 0.671. The average molecular weight is 265 g/mol. The lowest BCUT2D eigenvalue weighted by Gasteiger charge is -2.10. The molecule has 0 saturated carbocycles. The highest BCUT2D eigenvalue weighted by Crippen LogP contribution is 2.10. The first-order valence-corrected chi connectivity index (χ1v) is 6.84. The van der Waals surface area contributed by atoms with Crippen molar-refractivity contribution in [3.63, 3.8) is 0 Å². The Morgan fingerprint density at radius 1 is 1.37 bits per heavy atom. The Bertz CT molecular complexity index is 383. The zero-order valence-electron chi connectivity index (χ0n) is 11.7. The van der Waals surface area contributed by atoms with Gasteiger partial charge in [0.05, 0.1) is 12.2 Å². The van der Waals surface area contributed by atoms with Crippen molar-refractivity contribution in [2.24, 2.45) is 0 Å². The second-order valence-electron chi connectivity index (χ2n) is 4.15. The fourth-order valence-corrected chi connectivity index (χ4v) is 1.58. The fourth-order valence-electron chi connectivity index (χ4n) is 1.58. The summed E-state index contributed by atoms with van der Waals surface area (Å²) in [6.07, 6.45) is 3.85. The van der Waals surface area contributed by atoms with Crippen molar-refractivity contribution in [1.82, 2.24) is 10.3 Å². The van der Waals surface area contributed by atoms with E-state index >= 15 is 0 Å². The van der Waals surface area contributed by atoms with Gasteiger partial charge in [0.15, 0.2) is 0 Å². The molecule has 0 saturated heterocycles. The monoisotopic (exact) mass is 265 g/mol. The number of rotatable bonds is 9. The molecular formula is C14H23N3O2. The van der Waals surface area contributed by atoms with E-state index in [1.165, 1.54) is 0 Å². The average Bonchev–Trinajstić information content (AvgIpc) is 2.43. The summed E-state index contributed by atoms with van der Waals surface area (Å²) in [5, 5.41) is 5.90. The highest BCUT2D eigenvalue weighted by molar-refractivity contribution is 5.98. The molecular weight excluding hydrogens is 242 g/mol. The molecule has 2 N–H and O–H groups in total. The maximum absolute atomic E-state index is 12.0. The van der Waals surface area contributed by atoms with E-state index in [1.54, 1.807) is 18.3 Å². The van der Waals surface area contributed by atoms with Crippen LogP contribution in [0.1, 0.15) is 37.0 Å². The zero-order valence-corrected chi connectivity index (χ0v) is 11.7. The van der Waals surface area contributed by atoms with Gasteiger partial charge >= 0.3 is 0 Å². The molecule has 0 atom stereocenters. The number of pyridine rings is 1. The van der Waals surface area contributed by atoms with Crippen molar-refractivity contribution < 1.29 is 9.53 Å². The molecule has 106 valence electrons. The maximum Gasteiger partial charge on any atom is 0.255 e. The van der Waals surface area contributed by atoms with Crippen LogP contribution in [0.25, 0.3) is 0 Å². The molecule has 1 aromatic rings. The van der Waals surface area contributed by atoms with Crippen molar-refractivity contribution in [2.75, 3.05) is 31.6 Å². The van der Waals surface area contributed by atoms with Gasteiger partial charge in [0, 0.05) is 25.9 Å². The summed E-state index contributed by atoms with van der Waals surface area (Å²) in [6, 6.07) is 3.52. The van der Waals surface area contributed by atoms with E-state index in [0.29, 0.717) is 24.5 Å². The minimum Gasteiger partial charge on any atom is -0.380 e. The molecule has 19 heavy (non-hydrogen) atoms. The maximum atomic E-state index is 12.0. The SMILES string of the molecule is CCCCOCCNC(=O)c1cccnc1NCC. The number of amides is 1. The molecule has 1 rings (SSSR count). The molecule has 0 aliphatic carbocycles. The van der Waals surface area contributed by atoms with Crippen molar-refractivity contribution >= 4 is 11.7 Å². The van der Waals surface area contributed by atoms with Gasteiger partial charge in [-0.3, -0.25) is 4.79 Å². The Morgan fingerprint density at radius 2 is 2.21 bits per heavy atom. The van der Waals surface area contributed by atoms with E-state index in [0.717, 1.165) is 26.0 Å². The Hall–Kier alpha value is -1.62. The van der Waals surface area contributed by atoms with Crippen LogP contribution in [-0.4, -0.2) is 37.2 Å². The lowest BCUT2D eigenvalue weighted by molar-refractivity contribution is 0.0913. The smallest absolute Gasteiger partial charge is 0.255 e. The first-order valence-electron chi connectivity index (χ1n) is 6.84. The molecule has 0 aliphatic rings. The number of carbonyl (C=O) groups excluding carboxylic acids is 1. The van der Waals surface area contributed by atoms with E-state index in [9.17, 15) is 4.79 Å². The van der Waals surface area contributed by atoms with Gasteiger partial charge in [0.2, 0.25) is 0 Å². The van der Waals surface area contributed by atoms with Gasteiger partial charge in [0.25, 0.3) is 5.91 Å². The van der Waals surface area contributed by atoms with Crippen molar-refractivity contribution in [3.05, 3.63) is 23.9 Å². The van der Waals surface area contributed by atoms with Crippen LogP contribution in [0.3, 0.4) is 0 Å². The number of unbranched alkanes of at least 4 members (excludes halogenated alkanes) is 1. The molecule has 0 unspecified atom stereocenters.